The van der Waals surface area contributed by atoms with Gasteiger partial charge in [-0.3, -0.25) is 4.90 Å². The van der Waals surface area contributed by atoms with Crippen LogP contribution in [0, 0.1) is 0 Å². The van der Waals surface area contributed by atoms with Gasteiger partial charge in [-0.05, 0) is 31.9 Å². The second-order valence-electron chi connectivity index (χ2n) is 5.15. The Labute approximate surface area is 105 Å². The van der Waals surface area contributed by atoms with Crippen molar-refractivity contribution >= 4 is 0 Å². The molecule has 1 aliphatic rings. The van der Waals surface area contributed by atoms with Crippen LogP contribution >= 0.6 is 0 Å². The third-order valence-corrected chi connectivity index (χ3v) is 3.59. The summed E-state index contributed by atoms with van der Waals surface area (Å²) in [6, 6.07) is 12.2. The van der Waals surface area contributed by atoms with Crippen molar-refractivity contribution < 1.29 is 0 Å². The Hall–Kier alpha value is -0.860. The molecule has 1 aliphatic carbocycles. The smallest absolute Gasteiger partial charge is 0.0234 e. The quantitative estimate of drug-likeness (QED) is 0.777. The van der Waals surface area contributed by atoms with Crippen molar-refractivity contribution in [1.82, 2.24) is 10.2 Å². The molecule has 0 radical (unpaired) electrons. The van der Waals surface area contributed by atoms with Gasteiger partial charge < -0.3 is 5.32 Å². The first-order valence-electron chi connectivity index (χ1n) is 6.77. The maximum absolute atomic E-state index is 3.63. The van der Waals surface area contributed by atoms with Gasteiger partial charge in [-0.2, -0.15) is 0 Å². The van der Waals surface area contributed by atoms with E-state index in [9.17, 15) is 0 Å². The van der Waals surface area contributed by atoms with Crippen molar-refractivity contribution in [3.63, 3.8) is 0 Å². The van der Waals surface area contributed by atoms with E-state index in [1.54, 1.807) is 0 Å². The molecule has 0 aromatic heterocycles. The van der Waals surface area contributed by atoms with Crippen molar-refractivity contribution in [1.29, 1.82) is 0 Å². The minimum atomic E-state index is 0.649. The molecule has 1 unspecified atom stereocenters. The molecule has 0 heterocycles. The molecule has 0 amide bonds. The van der Waals surface area contributed by atoms with E-state index in [0.717, 1.165) is 19.1 Å². The van der Waals surface area contributed by atoms with Crippen LogP contribution in [0.1, 0.15) is 31.7 Å². The molecule has 1 aromatic rings. The lowest BCUT2D eigenvalue weighted by molar-refractivity contribution is 0.221. The molecule has 94 valence electrons. The molecular weight excluding hydrogens is 208 g/mol. The molecule has 1 fully saturated rings. The second-order valence-corrected chi connectivity index (χ2v) is 5.15. The van der Waals surface area contributed by atoms with E-state index in [-0.39, 0.29) is 0 Å². The summed E-state index contributed by atoms with van der Waals surface area (Å²) in [5.74, 6) is 0. The summed E-state index contributed by atoms with van der Waals surface area (Å²) >= 11 is 0. The van der Waals surface area contributed by atoms with Crippen LogP contribution in [0.2, 0.25) is 0 Å². The topological polar surface area (TPSA) is 15.3 Å². The summed E-state index contributed by atoms with van der Waals surface area (Å²) in [6.45, 7) is 4.46. The van der Waals surface area contributed by atoms with Crippen molar-refractivity contribution in [2.45, 2.75) is 44.8 Å². The molecule has 1 atom stereocenters. The van der Waals surface area contributed by atoms with Crippen molar-refractivity contribution in [3.05, 3.63) is 35.9 Å². The Morgan fingerprint density at radius 2 is 2.00 bits per heavy atom. The van der Waals surface area contributed by atoms with Gasteiger partial charge in [0.25, 0.3) is 0 Å². The lowest BCUT2D eigenvalue weighted by Crippen LogP contribution is -2.39. The largest absolute Gasteiger partial charge is 0.312 e. The maximum Gasteiger partial charge on any atom is 0.0234 e. The summed E-state index contributed by atoms with van der Waals surface area (Å²) in [4.78, 5) is 2.46. The molecule has 0 aliphatic heterocycles. The molecule has 0 bridgehead atoms. The fraction of sp³-hybridized carbons (Fsp3) is 0.600. The number of nitrogens with zero attached hydrogens (tertiary/aromatic N) is 1. The van der Waals surface area contributed by atoms with Crippen LogP contribution in [-0.2, 0) is 6.54 Å². The van der Waals surface area contributed by atoms with Gasteiger partial charge in [-0.1, -0.05) is 37.3 Å². The molecule has 2 nitrogen and oxygen atoms in total. The molecule has 17 heavy (non-hydrogen) atoms. The Morgan fingerprint density at radius 3 is 2.59 bits per heavy atom. The van der Waals surface area contributed by atoms with Gasteiger partial charge in [0.1, 0.15) is 0 Å². The number of likely N-dealkylation sites (N-methyl/N-ethyl adjacent to an activating group) is 1. The first kappa shape index (κ1) is 12.6. The van der Waals surface area contributed by atoms with Gasteiger partial charge in [-0.25, -0.2) is 0 Å². The predicted octanol–water partition coefficient (Wildman–Crippen LogP) is 2.65. The second kappa shape index (κ2) is 6.18. The van der Waals surface area contributed by atoms with Gasteiger partial charge in [0, 0.05) is 25.2 Å². The SMILES string of the molecule is CCC(CNC1CC1)N(C)Cc1ccccc1. The van der Waals surface area contributed by atoms with E-state index >= 15 is 0 Å². The third kappa shape index (κ3) is 4.14. The van der Waals surface area contributed by atoms with Gasteiger partial charge >= 0.3 is 0 Å². The van der Waals surface area contributed by atoms with E-state index in [1.807, 2.05) is 0 Å². The first-order valence-corrected chi connectivity index (χ1v) is 6.77. The molecule has 1 N–H and O–H groups in total. The fourth-order valence-electron chi connectivity index (χ4n) is 2.20. The van der Waals surface area contributed by atoms with Crippen LogP contribution < -0.4 is 5.32 Å². The van der Waals surface area contributed by atoms with E-state index in [2.05, 4.69) is 54.5 Å². The Balaban J connectivity index is 1.80. The zero-order chi connectivity index (χ0) is 12.1. The van der Waals surface area contributed by atoms with Crippen LogP contribution in [0.4, 0.5) is 0 Å². The summed E-state index contributed by atoms with van der Waals surface area (Å²) in [7, 11) is 2.23. The normalized spacial score (nSPS) is 17.4. The number of benzene rings is 1. The van der Waals surface area contributed by atoms with E-state index in [0.29, 0.717) is 6.04 Å². The highest BCUT2D eigenvalue weighted by molar-refractivity contribution is 5.14. The lowest BCUT2D eigenvalue weighted by atomic mass is 10.1. The average Bonchev–Trinajstić information content (AvgIpc) is 3.15. The maximum atomic E-state index is 3.63. The number of hydrogen-bond acceptors (Lipinski definition) is 2. The minimum absolute atomic E-state index is 0.649. The predicted molar refractivity (Wildman–Crippen MR) is 73.0 cm³/mol. The van der Waals surface area contributed by atoms with Crippen LogP contribution in [-0.4, -0.2) is 30.6 Å². The highest BCUT2D eigenvalue weighted by Gasteiger charge is 2.22. The first-order chi connectivity index (χ1) is 8.29. The standard InChI is InChI=1S/C15H24N2/c1-3-15(11-16-14-9-10-14)17(2)12-13-7-5-4-6-8-13/h4-8,14-16H,3,9-12H2,1-2H3. The zero-order valence-electron chi connectivity index (χ0n) is 11.0. The molecule has 0 spiro atoms. The van der Waals surface area contributed by atoms with Crippen LogP contribution in [0.3, 0.4) is 0 Å². The number of rotatable bonds is 7. The lowest BCUT2D eigenvalue weighted by Gasteiger charge is -2.27. The molecule has 2 rings (SSSR count). The fourth-order valence-corrected chi connectivity index (χ4v) is 2.20. The van der Waals surface area contributed by atoms with Crippen molar-refractivity contribution in [2.75, 3.05) is 13.6 Å². The Kier molecular flexibility index (Phi) is 4.57. The summed E-state index contributed by atoms with van der Waals surface area (Å²) < 4.78 is 0. The Morgan fingerprint density at radius 1 is 1.29 bits per heavy atom. The van der Waals surface area contributed by atoms with Gasteiger partial charge in [0.15, 0.2) is 0 Å². The molecule has 1 aromatic carbocycles. The summed E-state index contributed by atoms with van der Waals surface area (Å²) in [6.07, 6.45) is 3.96. The van der Waals surface area contributed by atoms with E-state index in [4.69, 9.17) is 0 Å². The van der Waals surface area contributed by atoms with Crippen LogP contribution in [0.25, 0.3) is 0 Å². The van der Waals surface area contributed by atoms with E-state index in [1.165, 1.54) is 24.8 Å². The highest BCUT2D eigenvalue weighted by atomic mass is 15.2. The molecular formula is C15H24N2. The average molecular weight is 232 g/mol. The molecule has 1 saturated carbocycles. The Bertz CT molecular complexity index is 319. The third-order valence-electron chi connectivity index (χ3n) is 3.59. The monoisotopic (exact) mass is 232 g/mol. The number of nitrogens with one attached hydrogen (secondary N) is 1. The minimum Gasteiger partial charge on any atom is -0.312 e. The number of hydrogen-bond donors (Lipinski definition) is 1. The van der Waals surface area contributed by atoms with Gasteiger partial charge in [-0.15, -0.1) is 0 Å². The van der Waals surface area contributed by atoms with E-state index < -0.39 is 0 Å². The highest BCUT2D eigenvalue weighted by Crippen LogP contribution is 2.19. The van der Waals surface area contributed by atoms with Crippen molar-refractivity contribution in [2.24, 2.45) is 0 Å². The summed E-state index contributed by atoms with van der Waals surface area (Å²) in [5, 5.41) is 3.63. The van der Waals surface area contributed by atoms with Crippen LogP contribution in [0.5, 0.6) is 0 Å². The molecule has 0 saturated heterocycles. The van der Waals surface area contributed by atoms with Gasteiger partial charge in [0.2, 0.25) is 0 Å². The zero-order valence-corrected chi connectivity index (χ0v) is 11.0. The summed E-state index contributed by atoms with van der Waals surface area (Å²) in [5.41, 5.74) is 1.40. The van der Waals surface area contributed by atoms with Crippen molar-refractivity contribution in [3.8, 4) is 0 Å². The molecule has 2 heteroatoms. The van der Waals surface area contributed by atoms with Crippen LogP contribution in [0.15, 0.2) is 30.3 Å². The van der Waals surface area contributed by atoms with Gasteiger partial charge in [0.05, 0.1) is 0 Å².